The van der Waals surface area contributed by atoms with Crippen LogP contribution in [0, 0.1) is 0 Å². The smallest absolute Gasteiger partial charge is 0.355 e. The third-order valence-electron chi connectivity index (χ3n) is 4.21. The van der Waals surface area contributed by atoms with E-state index in [0.717, 1.165) is 10.9 Å². The van der Waals surface area contributed by atoms with Gasteiger partial charge >= 0.3 is 5.97 Å². The molecule has 7 nitrogen and oxygen atoms in total. The zero-order valence-corrected chi connectivity index (χ0v) is 14.7. The number of amides is 1. The lowest BCUT2D eigenvalue weighted by Gasteiger charge is -2.19. The highest BCUT2D eigenvalue weighted by Crippen LogP contribution is 2.32. The zero-order valence-electron chi connectivity index (χ0n) is 14.7. The Hall–Kier alpha value is -3.48. The predicted octanol–water partition coefficient (Wildman–Crippen LogP) is 3.12. The summed E-state index contributed by atoms with van der Waals surface area (Å²) in [7, 11) is 0. The number of nitrogens with one attached hydrogen (secondary N) is 2. The molecule has 0 spiro atoms. The molecule has 1 aliphatic rings. The number of anilines is 1. The van der Waals surface area contributed by atoms with E-state index in [-0.39, 0.29) is 0 Å². The van der Waals surface area contributed by atoms with Gasteiger partial charge in [0.15, 0.2) is 17.6 Å². The maximum Gasteiger partial charge on any atom is 0.355 e. The minimum atomic E-state index is -0.961. The number of fused-ring (bicyclic) bond motifs is 2. The molecule has 0 saturated heterocycles. The van der Waals surface area contributed by atoms with Crippen LogP contribution in [0.3, 0.4) is 0 Å². The van der Waals surface area contributed by atoms with Gasteiger partial charge in [0.2, 0.25) is 0 Å². The van der Waals surface area contributed by atoms with Crippen LogP contribution in [-0.4, -0.2) is 36.2 Å². The van der Waals surface area contributed by atoms with Crippen LogP contribution in [-0.2, 0) is 9.53 Å². The van der Waals surface area contributed by atoms with Crippen LogP contribution in [0.25, 0.3) is 10.9 Å². The van der Waals surface area contributed by atoms with Crippen LogP contribution in [0.2, 0.25) is 0 Å². The van der Waals surface area contributed by atoms with E-state index in [1.807, 2.05) is 24.3 Å². The van der Waals surface area contributed by atoms with E-state index in [0.29, 0.717) is 36.1 Å². The number of carbonyl (C=O) groups excluding carboxylic acids is 2. The molecule has 138 valence electrons. The van der Waals surface area contributed by atoms with Crippen molar-refractivity contribution in [1.29, 1.82) is 0 Å². The number of H-pyrrole nitrogens is 1. The summed E-state index contributed by atoms with van der Waals surface area (Å²) < 4.78 is 16.2. The van der Waals surface area contributed by atoms with E-state index in [1.54, 1.807) is 24.3 Å². The fraction of sp³-hybridized carbons (Fsp3) is 0.200. The van der Waals surface area contributed by atoms with Gasteiger partial charge in [-0.2, -0.15) is 0 Å². The molecule has 1 unspecified atom stereocenters. The highest BCUT2D eigenvalue weighted by Gasteiger charge is 2.21. The van der Waals surface area contributed by atoms with Gasteiger partial charge in [-0.1, -0.05) is 18.2 Å². The molecule has 3 aromatic rings. The normalized spacial score (nSPS) is 13.8. The number of hydrogen-bond acceptors (Lipinski definition) is 5. The molecular formula is C20H18N2O5. The molecule has 7 heteroatoms. The van der Waals surface area contributed by atoms with E-state index < -0.39 is 18.0 Å². The van der Waals surface area contributed by atoms with Gasteiger partial charge in [0.1, 0.15) is 18.9 Å². The van der Waals surface area contributed by atoms with Crippen molar-refractivity contribution in [2.75, 3.05) is 18.5 Å². The van der Waals surface area contributed by atoms with Crippen molar-refractivity contribution < 1.29 is 23.8 Å². The maximum atomic E-state index is 12.3. The molecule has 1 aromatic heterocycles. The topological polar surface area (TPSA) is 89.7 Å². The molecular weight excluding hydrogens is 348 g/mol. The first kappa shape index (κ1) is 17.0. The number of carbonyl (C=O) groups is 2. The Morgan fingerprint density at radius 2 is 1.85 bits per heavy atom. The van der Waals surface area contributed by atoms with Crippen LogP contribution >= 0.6 is 0 Å². The first-order chi connectivity index (χ1) is 13.1. The molecule has 0 bridgehead atoms. The van der Waals surface area contributed by atoms with Crippen LogP contribution in [0.15, 0.2) is 48.5 Å². The van der Waals surface area contributed by atoms with Gasteiger partial charge in [-0.3, -0.25) is 4.79 Å². The van der Waals surface area contributed by atoms with Crippen LogP contribution < -0.4 is 14.8 Å². The number of rotatable bonds is 4. The fourth-order valence-electron chi connectivity index (χ4n) is 2.83. The fourth-order valence-corrected chi connectivity index (χ4v) is 2.83. The molecule has 0 saturated carbocycles. The van der Waals surface area contributed by atoms with Gasteiger partial charge in [-0.25, -0.2) is 4.79 Å². The molecule has 0 fully saturated rings. The second kappa shape index (κ2) is 7.03. The summed E-state index contributed by atoms with van der Waals surface area (Å²) in [4.78, 5) is 27.6. The average molecular weight is 366 g/mol. The Morgan fingerprint density at radius 1 is 1.07 bits per heavy atom. The summed E-state index contributed by atoms with van der Waals surface area (Å²) >= 11 is 0. The van der Waals surface area contributed by atoms with E-state index in [1.165, 1.54) is 6.92 Å². The monoisotopic (exact) mass is 366 g/mol. The molecule has 27 heavy (non-hydrogen) atoms. The SMILES string of the molecule is CC(OC(=O)c1cc2ccccc2[nH]1)C(=O)Nc1ccc2c(c1)OCCO2. The standard InChI is InChI=1S/C20H18N2O5/c1-12(27-20(24)16-10-13-4-2-3-5-15(13)22-16)19(23)21-14-6-7-17-18(11-14)26-9-8-25-17/h2-7,10-12,22H,8-9H2,1H3,(H,21,23). The highest BCUT2D eigenvalue weighted by molar-refractivity contribution is 5.99. The van der Waals surface area contributed by atoms with Crippen LogP contribution in [0.4, 0.5) is 5.69 Å². The number of para-hydroxylation sites is 1. The molecule has 2 N–H and O–H groups in total. The number of benzene rings is 2. The number of aromatic nitrogens is 1. The van der Waals surface area contributed by atoms with Crippen molar-refractivity contribution in [3.63, 3.8) is 0 Å². The first-order valence-electron chi connectivity index (χ1n) is 8.59. The largest absolute Gasteiger partial charge is 0.486 e. The maximum absolute atomic E-state index is 12.3. The second-order valence-electron chi connectivity index (χ2n) is 6.17. The van der Waals surface area contributed by atoms with Crippen molar-refractivity contribution in [1.82, 2.24) is 4.98 Å². The molecule has 1 atom stereocenters. The van der Waals surface area contributed by atoms with Gasteiger partial charge in [-0.15, -0.1) is 0 Å². The number of ether oxygens (including phenoxy) is 3. The van der Waals surface area contributed by atoms with Gasteiger partial charge in [0.05, 0.1) is 0 Å². The highest BCUT2D eigenvalue weighted by atomic mass is 16.6. The summed E-state index contributed by atoms with van der Waals surface area (Å²) in [6, 6.07) is 14.3. The van der Waals surface area contributed by atoms with Crippen molar-refractivity contribution in [3.05, 3.63) is 54.2 Å². The predicted molar refractivity (Wildman–Crippen MR) is 99.2 cm³/mol. The summed E-state index contributed by atoms with van der Waals surface area (Å²) in [5, 5.41) is 3.61. The van der Waals surface area contributed by atoms with Gasteiger partial charge in [0.25, 0.3) is 5.91 Å². The summed E-state index contributed by atoms with van der Waals surface area (Å²) in [5.74, 6) is 0.187. The molecule has 0 aliphatic carbocycles. The summed E-state index contributed by atoms with van der Waals surface area (Å²) in [6.07, 6.45) is -0.961. The zero-order chi connectivity index (χ0) is 18.8. The Morgan fingerprint density at radius 3 is 2.67 bits per heavy atom. The molecule has 0 radical (unpaired) electrons. The first-order valence-corrected chi connectivity index (χ1v) is 8.59. The summed E-state index contributed by atoms with van der Waals surface area (Å²) in [5.41, 5.74) is 1.67. The molecule has 1 aliphatic heterocycles. The van der Waals surface area contributed by atoms with Crippen LogP contribution in [0.5, 0.6) is 11.5 Å². The Balaban J connectivity index is 1.40. The van der Waals surface area contributed by atoms with Crippen molar-refractivity contribution in [2.45, 2.75) is 13.0 Å². The molecule has 4 rings (SSSR count). The van der Waals surface area contributed by atoms with E-state index >= 15 is 0 Å². The molecule has 2 heterocycles. The van der Waals surface area contributed by atoms with E-state index in [2.05, 4.69) is 10.3 Å². The van der Waals surface area contributed by atoms with Crippen molar-refractivity contribution in [3.8, 4) is 11.5 Å². The number of aromatic amines is 1. The van der Waals surface area contributed by atoms with Crippen LogP contribution in [0.1, 0.15) is 17.4 Å². The third kappa shape index (κ3) is 3.57. The quantitative estimate of drug-likeness (QED) is 0.693. The Labute approximate surface area is 155 Å². The van der Waals surface area contributed by atoms with E-state index in [4.69, 9.17) is 14.2 Å². The average Bonchev–Trinajstić information content (AvgIpc) is 3.12. The number of esters is 1. The summed E-state index contributed by atoms with van der Waals surface area (Å²) in [6.45, 7) is 2.48. The molecule has 1 amide bonds. The van der Waals surface area contributed by atoms with Gasteiger partial charge in [-0.05, 0) is 31.2 Å². The second-order valence-corrected chi connectivity index (χ2v) is 6.17. The third-order valence-corrected chi connectivity index (χ3v) is 4.21. The molecule has 2 aromatic carbocycles. The number of hydrogen-bond donors (Lipinski definition) is 2. The van der Waals surface area contributed by atoms with Crippen molar-refractivity contribution >= 4 is 28.5 Å². The van der Waals surface area contributed by atoms with Crippen molar-refractivity contribution in [2.24, 2.45) is 0 Å². The van der Waals surface area contributed by atoms with Gasteiger partial charge in [0, 0.05) is 22.7 Å². The Bertz CT molecular complexity index is 978. The van der Waals surface area contributed by atoms with E-state index in [9.17, 15) is 9.59 Å². The Kier molecular flexibility index (Phi) is 4.42. The minimum Gasteiger partial charge on any atom is -0.486 e. The lowest BCUT2D eigenvalue weighted by Crippen LogP contribution is -2.30. The lowest BCUT2D eigenvalue weighted by molar-refractivity contribution is -0.123. The minimum absolute atomic E-state index is 0.301. The van der Waals surface area contributed by atoms with Gasteiger partial charge < -0.3 is 24.5 Å². The lowest BCUT2D eigenvalue weighted by atomic mass is 10.2.